The summed E-state index contributed by atoms with van der Waals surface area (Å²) in [4.78, 5) is 15.0. The Bertz CT molecular complexity index is 2480. The van der Waals surface area contributed by atoms with E-state index in [1.165, 1.54) is 0 Å². The summed E-state index contributed by atoms with van der Waals surface area (Å²) in [6, 6.07) is 52.2. The summed E-state index contributed by atoms with van der Waals surface area (Å²) in [6.07, 6.45) is 0. The molecule has 2 heterocycles. The number of fused-ring (bicyclic) bond motifs is 3. The van der Waals surface area contributed by atoms with Crippen molar-refractivity contribution >= 4 is 21.8 Å². The van der Waals surface area contributed by atoms with Crippen LogP contribution in [-0.4, -0.2) is 19.5 Å². The van der Waals surface area contributed by atoms with Crippen LogP contribution < -0.4 is 0 Å². The molecule has 0 aliphatic rings. The van der Waals surface area contributed by atoms with Crippen LogP contribution >= 0.6 is 0 Å². The van der Waals surface area contributed by atoms with Gasteiger partial charge in [0.05, 0.1) is 40.0 Å². The number of hydrogen-bond donors (Lipinski definition) is 0. The van der Waals surface area contributed by atoms with Crippen molar-refractivity contribution in [3.05, 3.63) is 157 Å². The summed E-state index contributed by atoms with van der Waals surface area (Å²) >= 11 is 0. The number of rotatable bonds is 5. The van der Waals surface area contributed by atoms with Crippen molar-refractivity contribution < 1.29 is 0 Å². The molecule has 0 saturated carbocycles. The van der Waals surface area contributed by atoms with Gasteiger partial charge in [-0.25, -0.2) is 15.0 Å². The van der Waals surface area contributed by atoms with Gasteiger partial charge in [-0.1, -0.05) is 97.1 Å². The number of hydrogen-bond acceptors (Lipinski definition) is 5. The van der Waals surface area contributed by atoms with Crippen LogP contribution in [0.5, 0.6) is 0 Å². The van der Waals surface area contributed by atoms with E-state index in [1.54, 1.807) is 6.07 Å². The Morgan fingerprint density at radius 2 is 1.00 bits per heavy atom. The average molecular weight is 601 g/mol. The normalized spacial score (nSPS) is 10.9. The maximum atomic E-state index is 9.73. The summed E-state index contributed by atoms with van der Waals surface area (Å²) in [5.41, 5.74) is 8.46. The molecule has 0 fully saturated rings. The average Bonchev–Trinajstić information content (AvgIpc) is 3.48. The van der Waals surface area contributed by atoms with Gasteiger partial charge in [0.1, 0.15) is 0 Å². The molecule has 6 aromatic carbocycles. The zero-order valence-corrected chi connectivity index (χ0v) is 25.0. The molecule has 6 heteroatoms. The summed E-state index contributed by atoms with van der Waals surface area (Å²) in [7, 11) is 0. The van der Waals surface area contributed by atoms with Crippen molar-refractivity contribution in [3.63, 3.8) is 0 Å². The highest BCUT2D eigenvalue weighted by molar-refractivity contribution is 6.10. The van der Waals surface area contributed by atoms with Gasteiger partial charge in [0.25, 0.3) is 0 Å². The fraction of sp³-hybridized carbons (Fsp3) is 0. The van der Waals surface area contributed by atoms with Gasteiger partial charge < -0.3 is 4.57 Å². The first-order valence-corrected chi connectivity index (χ1v) is 15.2. The van der Waals surface area contributed by atoms with Crippen LogP contribution in [0.1, 0.15) is 11.1 Å². The zero-order valence-electron chi connectivity index (χ0n) is 25.0. The minimum atomic E-state index is 0.532. The highest BCUT2D eigenvalue weighted by atomic mass is 15.1. The lowest BCUT2D eigenvalue weighted by Crippen LogP contribution is -2.04. The largest absolute Gasteiger partial charge is 0.308 e. The van der Waals surface area contributed by atoms with E-state index in [1.807, 2.05) is 121 Å². The van der Waals surface area contributed by atoms with E-state index < -0.39 is 0 Å². The predicted octanol–water partition coefficient (Wildman–Crippen LogP) is 9.38. The SMILES string of the molecule is N#Cc1cccc(-c2ccc(-c3nc(-c4ccccc4)nc(-c4ccccc4)n3)c(-n3c4ccccc4c4cc(C#N)ccc43)c2)c1. The molecule has 2 aromatic heterocycles. The first-order chi connectivity index (χ1) is 23.2. The number of benzene rings is 6. The molecule has 0 radical (unpaired) electrons. The number of nitrogens with zero attached hydrogens (tertiary/aromatic N) is 6. The van der Waals surface area contributed by atoms with Crippen LogP contribution in [0.15, 0.2) is 146 Å². The fourth-order valence-corrected chi connectivity index (χ4v) is 6.08. The lowest BCUT2D eigenvalue weighted by molar-refractivity contribution is 1.06. The molecule has 8 aromatic rings. The Morgan fingerprint density at radius 1 is 0.426 bits per heavy atom. The van der Waals surface area contributed by atoms with Gasteiger partial charge >= 0.3 is 0 Å². The molecule has 218 valence electrons. The topological polar surface area (TPSA) is 91.2 Å². The Morgan fingerprint density at radius 3 is 1.70 bits per heavy atom. The highest BCUT2D eigenvalue weighted by Crippen LogP contribution is 2.38. The first kappa shape index (κ1) is 27.6. The molecule has 0 aliphatic carbocycles. The third-order valence-electron chi connectivity index (χ3n) is 8.31. The maximum absolute atomic E-state index is 9.73. The van der Waals surface area contributed by atoms with Gasteiger partial charge in [0, 0.05) is 27.5 Å². The second-order valence-electron chi connectivity index (χ2n) is 11.2. The standard InChI is InChI=1S/C41H24N6/c42-25-27-10-9-15-31(22-27)32-19-20-34(38(24-32)47-36-17-8-7-16-33(36)35-23-28(26-43)18-21-37(35)47)41-45-39(29-11-3-1-4-12-29)44-40(46-41)30-13-5-2-6-14-30/h1-24H. The van der Waals surface area contributed by atoms with Gasteiger partial charge in [-0.2, -0.15) is 10.5 Å². The van der Waals surface area contributed by atoms with E-state index in [0.717, 1.165) is 55.3 Å². The van der Waals surface area contributed by atoms with Gasteiger partial charge in [-0.3, -0.25) is 0 Å². The third kappa shape index (κ3) is 4.97. The molecule has 0 spiro atoms. The lowest BCUT2D eigenvalue weighted by atomic mass is 10.00. The summed E-state index contributed by atoms with van der Waals surface area (Å²) in [6.45, 7) is 0. The highest BCUT2D eigenvalue weighted by Gasteiger charge is 2.20. The summed E-state index contributed by atoms with van der Waals surface area (Å²) in [5.74, 6) is 1.68. The Labute approximate surface area is 271 Å². The molecular weight excluding hydrogens is 576 g/mol. The fourth-order valence-electron chi connectivity index (χ4n) is 6.08. The smallest absolute Gasteiger partial charge is 0.166 e. The molecule has 47 heavy (non-hydrogen) atoms. The van der Waals surface area contributed by atoms with Crippen LogP contribution in [-0.2, 0) is 0 Å². The zero-order chi connectivity index (χ0) is 31.7. The van der Waals surface area contributed by atoms with Crippen LogP contribution in [0.25, 0.3) is 72.8 Å². The van der Waals surface area contributed by atoms with E-state index >= 15 is 0 Å². The molecule has 0 atom stereocenters. The van der Waals surface area contributed by atoms with Crippen molar-refractivity contribution in [2.45, 2.75) is 0 Å². The quantitative estimate of drug-likeness (QED) is 0.196. The molecule has 0 unspecified atom stereocenters. The summed E-state index contributed by atoms with van der Waals surface area (Å²) < 4.78 is 2.22. The van der Waals surface area contributed by atoms with Crippen LogP contribution in [0.3, 0.4) is 0 Å². The van der Waals surface area contributed by atoms with Crippen LogP contribution in [0.2, 0.25) is 0 Å². The minimum Gasteiger partial charge on any atom is -0.308 e. The van der Waals surface area contributed by atoms with Crippen molar-refractivity contribution in [2.75, 3.05) is 0 Å². The van der Waals surface area contributed by atoms with E-state index in [4.69, 9.17) is 15.0 Å². The number of para-hydroxylation sites is 1. The van der Waals surface area contributed by atoms with Gasteiger partial charge in [-0.05, 0) is 59.7 Å². The molecule has 6 nitrogen and oxygen atoms in total. The van der Waals surface area contributed by atoms with Crippen molar-refractivity contribution in [2.24, 2.45) is 0 Å². The number of aromatic nitrogens is 4. The molecule has 0 amide bonds. The molecular formula is C41H24N6. The van der Waals surface area contributed by atoms with Crippen molar-refractivity contribution in [3.8, 4) is 63.1 Å². The van der Waals surface area contributed by atoms with Crippen molar-refractivity contribution in [1.82, 2.24) is 19.5 Å². The molecule has 0 saturated heterocycles. The van der Waals surface area contributed by atoms with Crippen LogP contribution in [0, 0.1) is 22.7 Å². The maximum Gasteiger partial charge on any atom is 0.166 e. The monoisotopic (exact) mass is 600 g/mol. The lowest BCUT2D eigenvalue weighted by Gasteiger charge is -2.16. The Hall–Kier alpha value is -6.89. The van der Waals surface area contributed by atoms with Gasteiger partial charge in [0.2, 0.25) is 0 Å². The summed E-state index contributed by atoms with van der Waals surface area (Å²) in [5, 5.41) is 21.4. The molecule has 0 N–H and O–H groups in total. The number of nitriles is 2. The van der Waals surface area contributed by atoms with E-state index in [-0.39, 0.29) is 0 Å². The third-order valence-corrected chi connectivity index (χ3v) is 8.31. The molecule has 8 rings (SSSR count). The first-order valence-electron chi connectivity index (χ1n) is 15.2. The molecule has 0 aliphatic heterocycles. The Balaban J connectivity index is 1.46. The van der Waals surface area contributed by atoms with Crippen molar-refractivity contribution in [1.29, 1.82) is 10.5 Å². The van der Waals surface area contributed by atoms with Gasteiger partial charge in [0.15, 0.2) is 17.5 Å². The second kappa shape index (κ2) is 11.6. The second-order valence-corrected chi connectivity index (χ2v) is 11.2. The predicted molar refractivity (Wildman–Crippen MR) is 185 cm³/mol. The van der Waals surface area contributed by atoms with Gasteiger partial charge in [-0.15, -0.1) is 0 Å². The Kier molecular flexibility index (Phi) is 6.80. The van der Waals surface area contributed by atoms with E-state index in [9.17, 15) is 10.5 Å². The molecule has 0 bridgehead atoms. The van der Waals surface area contributed by atoms with Crippen LogP contribution in [0.4, 0.5) is 0 Å². The minimum absolute atomic E-state index is 0.532. The van der Waals surface area contributed by atoms with E-state index in [2.05, 4.69) is 34.9 Å². The van der Waals surface area contributed by atoms with E-state index in [0.29, 0.717) is 28.6 Å².